The summed E-state index contributed by atoms with van der Waals surface area (Å²) in [4.78, 5) is 0. The van der Waals surface area contributed by atoms with Crippen molar-refractivity contribution in [1.82, 2.24) is 0 Å². The van der Waals surface area contributed by atoms with Gasteiger partial charge in [0.25, 0.3) is 0 Å². The van der Waals surface area contributed by atoms with E-state index in [1.165, 1.54) is 0 Å². The highest BCUT2D eigenvalue weighted by Crippen LogP contribution is 2.20. The fourth-order valence-electron chi connectivity index (χ4n) is 1.63. The minimum absolute atomic E-state index is 0.107. The second-order valence-electron chi connectivity index (χ2n) is 3.56. The van der Waals surface area contributed by atoms with E-state index in [2.05, 4.69) is 0 Å². The molecule has 82 valence electrons. The van der Waals surface area contributed by atoms with Crippen LogP contribution in [0.25, 0.3) is 11.1 Å². The highest BCUT2D eigenvalue weighted by Gasteiger charge is 1.99. The van der Waals surface area contributed by atoms with Crippen LogP contribution < -0.4 is 0 Å². The quantitative estimate of drug-likeness (QED) is 0.825. The molecule has 3 heteroatoms. The van der Waals surface area contributed by atoms with Crippen LogP contribution in [0.2, 0.25) is 0 Å². The van der Waals surface area contributed by atoms with E-state index in [1.807, 2.05) is 54.6 Å². The lowest BCUT2D eigenvalue weighted by Crippen LogP contribution is -1.87. The maximum Gasteiger partial charge on any atom is 0.144 e. The van der Waals surface area contributed by atoms with Crippen LogP contribution in [0, 0.1) is 0 Å². The van der Waals surface area contributed by atoms with Crippen molar-refractivity contribution in [2.75, 3.05) is 0 Å². The van der Waals surface area contributed by atoms with Crippen molar-refractivity contribution >= 4 is 10.7 Å². The predicted molar refractivity (Wildman–Crippen MR) is 65.9 cm³/mol. The average Bonchev–Trinajstić information content (AvgIpc) is 2.30. The maximum absolute atomic E-state index is 10.7. The molecule has 16 heavy (non-hydrogen) atoms. The van der Waals surface area contributed by atoms with E-state index < -0.39 is 10.7 Å². The zero-order valence-electron chi connectivity index (χ0n) is 8.67. The zero-order chi connectivity index (χ0) is 11.4. The summed E-state index contributed by atoms with van der Waals surface area (Å²) in [5.74, 6) is 0.107. The summed E-state index contributed by atoms with van der Waals surface area (Å²) in [6.45, 7) is 0. The molecule has 0 unspecified atom stereocenters. The van der Waals surface area contributed by atoms with Crippen molar-refractivity contribution < 1.29 is 8.42 Å². The molecule has 0 amide bonds. The largest absolute Gasteiger partial charge is 0.232 e. The molecule has 0 aromatic heterocycles. The monoisotopic (exact) mass is 232 g/mol. The van der Waals surface area contributed by atoms with Crippen molar-refractivity contribution in [3.8, 4) is 11.1 Å². The van der Waals surface area contributed by atoms with Crippen LogP contribution >= 0.6 is 0 Å². The SMILES string of the molecule is O=[SH](=O)Cc1cccc(-c2ccccc2)c1. The van der Waals surface area contributed by atoms with Gasteiger partial charge in [0, 0.05) is 0 Å². The van der Waals surface area contributed by atoms with E-state index in [4.69, 9.17) is 0 Å². The van der Waals surface area contributed by atoms with Crippen LogP contribution in [0.15, 0.2) is 54.6 Å². The second kappa shape index (κ2) is 4.94. The topological polar surface area (TPSA) is 34.1 Å². The normalized spacial score (nSPS) is 10.6. The lowest BCUT2D eigenvalue weighted by Gasteiger charge is -2.03. The van der Waals surface area contributed by atoms with E-state index in [9.17, 15) is 8.42 Å². The molecule has 0 aliphatic carbocycles. The molecule has 0 bridgehead atoms. The molecule has 2 nitrogen and oxygen atoms in total. The predicted octanol–water partition coefficient (Wildman–Crippen LogP) is 2.47. The Hall–Kier alpha value is -1.61. The summed E-state index contributed by atoms with van der Waals surface area (Å²) in [6, 6.07) is 17.5. The molecule has 2 aromatic carbocycles. The third kappa shape index (κ3) is 2.70. The molecule has 0 radical (unpaired) electrons. The molecule has 0 spiro atoms. The Labute approximate surface area is 96.5 Å². The van der Waals surface area contributed by atoms with Gasteiger partial charge in [0.2, 0.25) is 0 Å². The fraction of sp³-hybridized carbons (Fsp3) is 0.0769. The molecule has 0 fully saturated rings. The summed E-state index contributed by atoms with van der Waals surface area (Å²) < 4.78 is 21.3. The molecule has 0 saturated carbocycles. The Kier molecular flexibility index (Phi) is 3.37. The first-order valence-electron chi connectivity index (χ1n) is 5.02. The first kappa shape index (κ1) is 10.9. The molecule has 0 aliphatic rings. The Morgan fingerprint density at radius 1 is 0.812 bits per heavy atom. The van der Waals surface area contributed by atoms with E-state index in [1.54, 1.807) is 0 Å². The maximum atomic E-state index is 10.7. The van der Waals surface area contributed by atoms with E-state index in [-0.39, 0.29) is 5.75 Å². The highest BCUT2D eigenvalue weighted by molar-refractivity contribution is 7.71. The Morgan fingerprint density at radius 2 is 1.50 bits per heavy atom. The first-order chi connectivity index (χ1) is 7.75. The summed E-state index contributed by atoms with van der Waals surface area (Å²) in [5, 5.41) is 0. The van der Waals surface area contributed by atoms with Gasteiger partial charge in [0.15, 0.2) is 0 Å². The Balaban J connectivity index is 2.36. The standard InChI is InChI=1S/C13H12O2S/c14-16(15)10-11-5-4-8-13(9-11)12-6-2-1-3-7-12/h1-9,16H,10H2. The van der Waals surface area contributed by atoms with Crippen molar-refractivity contribution in [2.24, 2.45) is 0 Å². The summed E-state index contributed by atoms with van der Waals surface area (Å²) in [5.41, 5.74) is 2.98. The van der Waals surface area contributed by atoms with Crippen molar-refractivity contribution in [3.63, 3.8) is 0 Å². The summed E-state index contributed by atoms with van der Waals surface area (Å²) >= 11 is 0. The lowest BCUT2D eigenvalue weighted by atomic mass is 10.0. The molecule has 0 saturated heterocycles. The minimum atomic E-state index is -2.36. The highest BCUT2D eigenvalue weighted by atomic mass is 32.2. The first-order valence-corrected chi connectivity index (χ1v) is 6.38. The summed E-state index contributed by atoms with van der Waals surface area (Å²) in [6.07, 6.45) is 0. The van der Waals surface area contributed by atoms with Gasteiger partial charge in [-0.2, -0.15) is 0 Å². The van der Waals surface area contributed by atoms with Gasteiger partial charge in [0.05, 0.1) is 5.75 Å². The number of thiol groups is 1. The zero-order valence-corrected chi connectivity index (χ0v) is 9.56. The third-order valence-corrected chi connectivity index (χ3v) is 2.97. The molecule has 0 heterocycles. The number of hydrogen-bond acceptors (Lipinski definition) is 2. The fourth-order valence-corrected chi connectivity index (χ4v) is 2.12. The molecule has 0 N–H and O–H groups in total. The van der Waals surface area contributed by atoms with Crippen molar-refractivity contribution in [1.29, 1.82) is 0 Å². The van der Waals surface area contributed by atoms with E-state index in [0.29, 0.717) is 0 Å². The van der Waals surface area contributed by atoms with Crippen LogP contribution in [0.1, 0.15) is 5.56 Å². The number of hydrogen-bond donors (Lipinski definition) is 1. The van der Waals surface area contributed by atoms with Crippen LogP contribution in [0.5, 0.6) is 0 Å². The van der Waals surface area contributed by atoms with Gasteiger partial charge in [-0.15, -0.1) is 0 Å². The molecule has 2 aromatic rings. The summed E-state index contributed by atoms with van der Waals surface area (Å²) in [7, 11) is -2.36. The number of benzene rings is 2. The van der Waals surface area contributed by atoms with E-state index >= 15 is 0 Å². The Morgan fingerprint density at radius 3 is 2.19 bits per heavy atom. The smallest absolute Gasteiger partial charge is 0.144 e. The van der Waals surface area contributed by atoms with Gasteiger partial charge >= 0.3 is 0 Å². The molecule has 0 aliphatic heterocycles. The third-order valence-electron chi connectivity index (χ3n) is 2.35. The lowest BCUT2D eigenvalue weighted by molar-refractivity contribution is 0.614. The molecule has 2 rings (SSSR count). The van der Waals surface area contributed by atoms with Gasteiger partial charge in [-0.1, -0.05) is 54.6 Å². The van der Waals surface area contributed by atoms with Gasteiger partial charge < -0.3 is 0 Å². The van der Waals surface area contributed by atoms with Gasteiger partial charge in [-0.05, 0) is 16.7 Å². The van der Waals surface area contributed by atoms with Crippen LogP contribution in [0.4, 0.5) is 0 Å². The van der Waals surface area contributed by atoms with Crippen LogP contribution in [0.3, 0.4) is 0 Å². The molecular weight excluding hydrogens is 220 g/mol. The average molecular weight is 232 g/mol. The Bertz CT molecular complexity index is 537. The minimum Gasteiger partial charge on any atom is -0.232 e. The van der Waals surface area contributed by atoms with E-state index in [0.717, 1.165) is 16.7 Å². The second-order valence-corrected chi connectivity index (χ2v) is 4.54. The van der Waals surface area contributed by atoms with Crippen LogP contribution in [-0.2, 0) is 16.5 Å². The molecule has 0 atom stereocenters. The van der Waals surface area contributed by atoms with Gasteiger partial charge in [-0.25, -0.2) is 8.42 Å². The number of rotatable bonds is 3. The van der Waals surface area contributed by atoms with Crippen LogP contribution in [-0.4, -0.2) is 8.42 Å². The molecular formula is C13H12O2S. The van der Waals surface area contributed by atoms with Crippen molar-refractivity contribution in [3.05, 3.63) is 60.2 Å². The van der Waals surface area contributed by atoms with Crippen molar-refractivity contribution in [2.45, 2.75) is 5.75 Å². The van der Waals surface area contributed by atoms with Gasteiger partial charge in [0.1, 0.15) is 10.7 Å². The van der Waals surface area contributed by atoms with Gasteiger partial charge in [-0.3, -0.25) is 0 Å².